The third kappa shape index (κ3) is 2.89. The number of nitrogens with zero attached hydrogens (tertiary/aromatic N) is 4. The Morgan fingerprint density at radius 1 is 1.43 bits per heavy atom. The van der Waals surface area contributed by atoms with E-state index in [1.165, 1.54) is 30.8 Å². The van der Waals surface area contributed by atoms with Gasteiger partial charge in [0.15, 0.2) is 0 Å². The minimum absolute atomic E-state index is 0.0232. The molecule has 0 saturated carbocycles. The SMILES string of the molecule is Cc1nn(CC(=O)O)c(C)c1S(=O)(=O)Nc1ccnn1C. The van der Waals surface area contributed by atoms with Gasteiger partial charge in [0.2, 0.25) is 0 Å². The van der Waals surface area contributed by atoms with Crippen LogP contribution in [0.25, 0.3) is 0 Å². The zero-order chi connectivity index (χ0) is 15.8. The number of carbonyl (C=O) groups is 1. The molecule has 0 saturated heterocycles. The van der Waals surface area contributed by atoms with Crippen LogP contribution in [0.1, 0.15) is 11.4 Å². The Labute approximate surface area is 121 Å². The lowest BCUT2D eigenvalue weighted by atomic mass is 10.4. The lowest BCUT2D eigenvalue weighted by Gasteiger charge is -2.08. The summed E-state index contributed by atoms with van der Waals surface area (Å²) in [5.41, 5.74) is 0.507. The number of hydrogen-bond donors (Lipinski definition) is 2. The summed E-state index contributed by atoms with van der Waals surface area (Å²) >= 11 is 0. The molecule has 10 heteroatoms. The fraction of sp³-hybridized carbons (Fsp3) is 0.364. The maximum Gasteiger partial charge on any atom is 0.325 e. The van der Waals surface area contributed by atoms with E-state index in [1.54, 1.807) is 7.05 Å². The molecular weight excluding hydrogens is 298 g/mol. The van der Waals surface area contributed by atoms with Crippen molar-refractivity contribution in [3.05, 3.63) is 23.7 Å². The zero-order valence-corrected chi connectivity index (χ0v) is 12.5. The number of sulfonamides is 1. The molecule has 0 aliphatic rings. The van der Waals surface area contributed by atoms with Crippen molar-refractivity contribution in [2.75, 3.05) is 4.72 Å². The molecule has 0 aliphatic carbocycles. The number of hydrogen-bond acceptors (Lipinski definition) is 5. The van der Waals surface area contributed by atoms with Gasteiger partial charge < -0.3 is 5.11 Å². The molecule has 0 bridgehead atoms. The fourth-order valence-electron chi connectivity index (χ4n) is 2.01. The average Bonchev–Trinajstić information content (AvgIpc) is 2.83. The van der Waals surface area contributed by atoms with Crippen molar-refractivity contribution in [3.63, 3.8) is 0 Å². The molecule has 2 aromatic heterocycles. The number of aliphatic carboxylic acids is 1. The molecule has 0 radical (unpaired) electrons. The van der Waals surface area contributed by atoms with Gasteiger partial charge in [0, 0.05) is 13.1 Å². The Morgan fingerprint density at radius 2 is 2.10 bits per heavy atom. The molecule has 0 unspecified atom stereocenters. The van der Waals surface area contributed by atoms with E-state index < -0.39 is 22.5 Å². The van der Waals surface area contributed by atoms with Gasteiger partial charge in [0.1, 0.15) is 17.3 Å². The molecule has 0 spiro atoms. The topological polar surface area (TPSA) is 119 Å². The fourth-order valence-corrected chi connectivity index (χ4v) is 3.52. The predicted molar refractivity (Wildman–Crippen MR) is 73.4 cm³/mol. The molecule has 0 fully saturated rings. The van der Waals surface area contributed by atoms with Crippen LogP contribution in [0.5, 0.6) is 0 Å². The van der Waals surface area contributed by atoms with Crippen LogP contribution in [0.15, 0.2) is 17.2 Å². The van der Waals surface area contributed by atoms with Crippen LogP contribution < -0.4 is 4.72 Å². The third-order valence-electron chi connectivity index (χ3n) is 2.93. The van der Waals surface area contributed by atoms with Crippen LogP contribution in [-0.2, 0) is 28.4 Å². The summed E-state index contributed by atoms with van der Waals surface area (Å²) < 4.78 is 29.8. The number of carboxylic acids is 1. The van der Waals surface area contributed by atoms with E-state index in [1.807, 2.05) is 0 Å². The van der Waals surface area contributed by atoms with Crippen LogP contribution in [0.2, 0.25) is 0 Å². The first-order valence-electron chi connectivity index (χ1n) is 5.99. The van der Waals surface area contributed by atoms with Crippen molar-refractivity contribution < 1.29 is 18.3 Å². The molecule has 2 rings (SSSR count). The predicted octanol–water partition coefficient (Wildman–Crippen LogP) is 0.119. The number of aryl methyl sites for hydroxylation is 2. The lowest BCUT2D eigenvalue weighted by Crippen LogP contribution is -2.17. The zero-order valence-electron chi connectivity index (χ0n) is 11.7. The first kappa shape index (κ1) is 15.0. The second-order valence-corrected chi connectivity index (χ2v) is 6.12. The van der Waals surface area contributed by atoms with Gasteiger partial charge in [0.05, 0.1) is 17.6 Å². The number of nitrogens with one attached hydrogen (secondary N) is 1. The first-order chi connectivity index (χ1) is 9.72. The highest BCUT2D eigenvalue weighted by Gasteiger charge is 2.26. The molecule has 21 heavy (non-hydrogen) atoms. The summed E-state index contributed by atoms with van der Waals surface area (Å²) in [7, 11) is -2.27. The van der Waals surface area contributed by atoms with Gasteiger partial charge in [-0.1, -0.05) is 0 Å². The monoisotopic (exact) mass is 313 g/mol. The summed E-state index contributed by atoms with van der Waals surface area (Å²) in [6.07, 6.45) is 1.46. The summed E-state index contributed by atoms with van der Waals surface area (Å²) in [5.74, 6) is -0.788. The summed E-state index contributed by atoms with van der Waals surface area (Å²) in [5, 5.41) is 16.6. The van der Waals surface area contributed by atoms with Crippen molar-refractivity contribution in [2.45, 2.75) is 25.3 Å². The molecule has 114 valence electrons. The molecular formula is C11H15N5O4S. The van der Waals surface area contributed by atoms with Gasteiger partial charge in [-0.05, 0) is 13.8 Å². The molecule has 2 aromatic rings. The second kappa shape index (κ2) is 5.20. The van der Waals surface area contributed by atoms with E-state index in [0.29, 0.717) is 5.82 Å². The van der Waals surface area contributed by atoms with Crippen molar-refractivity contribution in [3.8, 4) is 0 Å². The molecule has 9 nitrogen and oxygen atoms in total. The second-order valence-electron chi connectivity index (χ2n) is 4.50. The number of anilines is 1. The van der Waals surface area contributed by atoms with E-state index in [2.05, 4.69) is 14.9 Å². The lowest BCUT2D eigenvalue weighted by molar-refractivity contribution is -0.137. The third-order valence-corrected chi connectivity index (χ3v) is 4.53. The molecule has 0 aliphatic heterocycles. The van der Waals surface area contributed by atoms with Crippen molar-refractivity contribution in [1.29, 1.82) is 0 Å². The molecule has 2 heterocycles. The van der Waals surface area contributed by atoms with Gasteiger partial charge in [-0.25, -0.2) is 8.42 Å². The molecule has 0 amide bonds. The van der Waals surface area contributed by atoms with Crippen molar-refractivity contribution in [1.82, 2.24) is 19.6 Å². The van der Waals surface area contributed by atoms with Gasteiger partial charge in [-0.3, -0.25) is 18.9 Å². The van der Waals surface area contributed by atoms with E-state index in [0.717, 1.165) is 4.68 Å². The van der Waals surface area contributed by atoms with E-state index in [-0.39, 0.29) is 16.3 Å². The van der Waals surface area contributed by atoms with Gasteiger partial charge in [-0.2, -0.15) is 10.2 Å². The summed E-state index contributed by atoms with van der Waals surface area (Å²) in [4.78, 5) is 10.7. The molecule has 0 atom stereocenters. The van der Waals surface area contributed by atoms with Crippen LogP contribution >= 0.6 is 0 Å². The quantitative estimate of drug-likeness (QED) is 0.809. The van der Waals surface area contributed by atoms with Crippen LogP contribution in [-0.4, -0.2) is 39.1 Å². The Hall–Kier alpha value is -2.36. The maximum absolute atomic E-state index is 12.4. The van der Waals surface area contributed by atoms with E-state index in [9.17, 15) is 13.2 Å². The summed E-state index contributed by atoms with van der Waals surface area (Å²) in [6, 6.07) is 1.52. The Balaban J connectivity index is 2.43. The summed E-state index contributed by atoms with van der Waals surface area (Å²) in [6.45, 7) is 2.64. The van der Waals surface area contributed by atoms with Gasteiger partial charge >= 0.3 is 5.97 Å². The maximum atomic E-state index is 12.4. The van der Waals surface area contributed by atoms with Crippen molar-refractivity contribution in [2.24, 2.45) is 7.05 Å². The Morgan fingerprint density at radius 3 is 2.62 bits per heavy atom. The van der Waals surface area contributed by atoms with Gasteiger partial charge in [0.25, 0.3) is 10.0 Å². The molecule has 0 aromatic carbocycles. The highest BCUT2D eigenvalue weighted by Crippen LogP contribution is 2.22. The van der Waals surface area contributed by atoms with Crippen molar-refractivity contribution >= 4 is 21.8 Å². The standard InChI is InChI=1S/C11H15N5O4S/c1-7-11(8(2)16(13-7)6-10(17)18)21(19,20)14-9-4-5-12-15(9)3/h4-5,14H,6H2,1-3H3,(H,17,18). The number of carboxylic acid groups (broad SMARTS) is 1. The van der Waals surface area contributed by atoms with E-state index in [4.69, 9.17) is 5.11 Å². The number of rotatable bonds is 5. The van der Waals surface area contributed by atoms with Gasteiger partial charge in [-0.15, -0.1) is 0 Å². The first-order valence-corrected chi connectivity index (χ1v) is 7.47. The minimum Gasteiger partial charge on any atom is -0.480 e. The smallest absolute Gasteiger partial charge is 0.325 e. The minimum atomic E-state index is -3.87. The normalized spacial score (nSPS) is 11.6. The molecule has 2 N–H and O–H groups in total. The van der Waals surface area contributed by atoms with E-state index >= 15 is 0 Å². The highest BCUT2D eigenvalue weighted by atomic mass is 32.2. The Bertz CT molecular complexity index is 790. The Kier molecular flexibility index (Phi) is 3.73. The number of aromatic nitrogens is 4. The van der Waals surface area contributed by atoms with Crippen LogP contribution in [0.4, 0.5) is 5.82 Å². The average molecular weight is 313 g/mol. The van der Waals surface area contributed by atoms with Crippen LogP contribution in [0.3, 0.4) is 0 Å². The largest absolute Gasteiger partial charge is 0.480 e. The van der Waals surface area contributed by atoms with Crippen LogP contribution in [0, 0.1) is 13.8 Å². The highest BCUT2D eigenvalue weighted by molar-refractivity contribution is 7.92.